The summed E-state index contributed by atoms with van der Waals surface area (Å²) >= 11 is 11.7. The minimum Gasteiger partial charge on any atom is -0.396 e. The first-order valence-electron chi connectivity index (χ1n) is 6.71. The van der Waals surface area contributed by atoms with Gasteiger partial charge in [-0.05, 0) is 43.5 Å². The Morgan fingerprint density at radius 1 is 1.29 bits per heavy atom. The van der Waals surface area contributed by atoms with Crippen molar-refractivity contribution in [2.24, 2.45) is 0 Å². The molecular weight excluding hydrogens is 315 g/mol. The zero-order valence-electron chi connectivity index (χ0n) is 11.8. The van der Waals surface area contributed by atoms with Crippen LogP contribution in [-0.4, -0.2) is 35.4 Å². The van der Waals surface area contributed by atoms with Crippen LogP contribution in [-0.2, 0) is 0 Å². The molecule has 7 heteroatoms. The number of hydrogen-bond donors (Lipinski definition) is 4. The first-order chi connectivity index (χ1) is 9.92. The molecule has 0 spiro atoms. The highest BCUT2D eigenvalue weighted by atomic mass is 35.5. The Labute approximate surface area is 134 Å². The van der Waals surface area contributed by atoms with E-state index in [4.69, 9.17) is 28.3 Å². The Hall–Kier alpha value is -1.01. The number of nitrogens with one attached hydrogen (secondary N) is 2. The molecule has 0 aliphatic rings. The first-order valence-corrected chi connectivity index (χ1v) is 7.47. The second-order valence-corrected chi connectivity index (χ2v) is 5.71. The lowest BCUT2D eigenvalue weighted by atomic mass is 10.1. The smallest absolute Gasteiger partial charge is 0.315 e. The SMILES string of the molecule is CC(CCCO)NC(=O)NCC(O)c1cc(Cl)cc(Cl)c1. The van der Waals surface area contributed by atoms with Gasteiger partial charge in [-0.25, -0.2) is 4.79 Å². The van der Waals surface area contributed by atoms with Gasteiger partial charge in [0.15, 0.2) is 0 Å². The van der Waals surface area contributed by atoms with E-state index in [0.717, 1.165) is 0 Å². The van der Waals surface area contributed by atoms with Crippen molar-refractivity contribution in [3.05, 3.63) is 33.8 Å². The molecule has 0 saturated heterocycles. The Bertz CT molecular complexity index is 451. The summed E-state index contributed by atoms with van der Waals surface area (Å²) in [6.07, 6.45) is 0.432. The zero-order valence-corrected chi connectivity index (χ0v) is 13.3. The molecule has 0 aromatic heterocycles. The van der Waals surface area contributed by atoms with Crippen molar-refractivity contribution in [2.45, 2.75) is 31.9 Å². The summed E-state index contributed by atoms with van der Waals surface area (Å²) in [5.41, 5.74) is 0.543. The summed E-state index contributed by atoms with van der Waals surface area (Å²) in [4.78, 5) is 11.6. The van der Waals surface area contributed by atoms with Gasteiger partial charge in [0.2, 0.25) is 0 Å². The first kappa shape index (κ1) is 18.0. The number of amides is 2. The number of aliphatic hydroxyl groups is 2. The standard InChI is InChI=1S/C14H20Cl2N2O3/c1-9(3-2-4-19)18-14(21)17-8-13(20)10-5-11(15)7-12(16)6-10/h5-7,9,13,19-20H,2-4,8H2,1H3,(H2,17,18,21). The van der Waals surface area contributed by atoms with E-state index in [-0.39, 0.29) is 25.2 Å². The number of aliphatic hydroxyl groups excluding tert-OH is 2. The van der Waals surface area contributed by atoms with Gasteiger partial charge in [0.1, 0.15) is 0 Å². The molecule has 0 aliphatic carbocycles. The molecule has 4 N–H and O–H groups in total. The summed E-state index contributed by atoms with van der Waals surface area (Å²) in [6, 6.07) is 4.35. The summed E-state index contributed by atoms with van der Waals surface area (Å²) in [6.45, 7) is 2.00. The van der Waals surface area contributed by atoms with Gasteiger partial charge >= 0.3 is 6.03 Å². The van der Waals surface area contributed by atoms with E-state index in [9.17, 15) is 9.90 Å². The minimum atomic E-state index is -0.889. The van der Waals surface area contributed by atoms with E-state index in [1.807, 2.05) is 6.92 Å². The molecule has 118 valence electrons. The topological polar surface area (TPSA) is 81.6 Å². The molecule has 2 unspecified atom stereocenters. The normalized spacial score (nSPS) is 13.6. The highest BCUT2D eigenvalue weighted by molar-refractivity contribution is 6.34. The molecule has 1 rings (SSSR count). The van der Waals surface area contributed by atoms with Gasteiger partial charge in [0.05, 0.1) is 6.10 Å². The predicted molar refractivity (Wildman–Crippen MR) is 83.7 cm³/mol. The number of hydrogen-bond acceptors (Lipinski definition) is 3. The van der Waals surface area contributed by atoms with Crippen LogP contribution in [0.3, 0.4) is 0 Å². The minimum absolute atomic E-state index is 0.0464. The van der Waals surface area contributed by atoms with Crippen molar-refractivity contribution in [3.8, 4) is 0 Å². The van der Waals surface area contributed by atoms with Crippen molar-refractivity contribution >= 4 is 29.2 Å². The number of carbonyl (C=O) groups excluding carboxylic acids is 1. The van der Waals surface area contributed by atoms with Crippen LogP contribution in [0.2, 0.25) is 10.0 Å². The van der Waals surface area contributed by atoms with E-state index < -0.39 is 6.10 Å². The van der Waals surface area contributed by atoms with Crippen molar-refractivity contribution in [1.82, 2.24) is 10.6 Å². The molecule has 0 heterocycles. The molecule has 2 atom stereocenters. The third-order valence-electron chi connectivity index (χ3n) is 2.90. The zero-order chi connectivity index (χ0) is 15.8. The Kier molecular flexibility index (Phi) is 7.82. The molecule has 0 saturated carbocycles. The van der Waals surface area contributed by atoms with Crippen LogP contribution in [0.1, 0.15) is 31.4 Å². The van der Waals surface area contributed by atoms with Gasteiger partial charge in [-0.1, -0.05) is 23.2 Å². The second-order valence-electron chi connectivity index (χ2n) is 4.84. The van der Waals surface area contributed by atoms with E-state index in [1.54, 1.807) is 18.2 Å². The van der Waals surface area contributed by atoms with Gasteiger partial charge in [0.25, 0.3) is 0 Å². The molecular formula is C14H20Cl2N2O3. The molecule has 1 aromatic rings. The maximum absolute atomic E-state index is 11.6. The largest absolute Gasteiger partial charge is 0.396 e. The number of urea groups is 1. The van der Waals surface area contributed by atoms with Gasteiger partial charge in [-0.3, -0.25) is 0 Å². The lowest BCUT2D eigenvalue weighted by molar-refractivity contribution is 0.172. The highest BCUT2D eigenvalue weighted by Crippen LogP contribution is 2.23. The van der Waals surface area contributed by atoms with Crippen LogP contribution in [0.5, 0.6) is 0 Å². The fraction of sp³-hybridized carbons (Fsp3) is 0.500. The number of halogens is 2. The maximum atomic E-state index is 11.6. The van der Waals surface area contributed by atoms with Crippen molar-refractivity contribution < 1.29 is 15.0 Å². The van der Waals surface area contributed by atoms with Crippen LogP contribution in [0.15, 0.2) is 18.2 Å². The number of benzene rings is 1. The summed E-state index contributed by atoms with van der Waals surface area (Å²) in [7, 11) is 0. The van der Waals surface area contributed by atoms with Crippen LogP contribution >= 0.6 is 23.2 Å². The van der Waals surface area contributed by atoms with Gasteiger partial charge in [-0.2, -0.15) is 0 Å². The Morgan fingerprint density at radius 2 is 1.90 bits per heavy atom. The van der Waals surface area contributed by atoms with E-state index >= 15 is 0 Å². The third kappa shape index (κ3) is 7.00. The third-order valence-corrected chi connectivity index (χ3v) is 3.33. The number of carbonyl (C=O) groups is 1. The summed E-state index contributed by atoms with van der Waals surface area (Å²) in [5, 5.41) is 24.9. The monoisotopic (exact) mass is 334 g/mol. The van der Waals surface area contributed by atoms with Gasteiger partial charge < -0.3 is 20.8 Å². The van der Waals surface area contributed by atoms with E-state index in [2.05, 4.69) is 10.6 Å². The maximum Gasteiger partial charge on any atom is 0.315 e. The van der Waals surface area contributed by atoms with Crippen molar-refractivity contribution in [3.63, 3.8) is 0 Å². The molecule has 0 aliphatic heterocycles. The molecule has 5 nitrogen and oxygen atoms in total. The van der Waals surface area contributed by atoms with Crippen LogP contribution in [0, 0.1) is 0 Å². The fourth-order valence-corrected chi connectivity index (χ4v) is 2.36. The highest BCUT2D eigenvalue weighted by Gasteiger charge is 2.12. The van der Waals surface area contributed by atoms with Gasteiger partial charge in [0, 0.05) is 29.2 Å². The number of rotatable bonds is 7. The predicted octanol–water partition coefficient (Wildman–Crippen LogP) is 2.49. The van der Waals surface area contributed by atoms with Crippen LogP contribution in [0.25, 0.3) is 0 Å². The lowest BCUT2D eigenvalue weighted by Gasteiger charge is -2.16. The summed E-state index contributed by atoms with van der Waals surface area (Å²) in [5.74, 6) is 0. The molecule has 0 radical (unpaired) electrons. The van der Waals surface area contributed by atoms with Crippen molar-refractivity contribution in [1.29, 1.82) is 0 Å². The average Bonchev–Trinajstić information content (AvgIpc) is 2.41. The molecule has 0 fully saturated rings. The second kappa shape index (κ2) is 9.10. The van der Waals surface area contributed by atoms with Crippen molar-refractivity contribution in [2.75, 3.05) is 13.2 Å². The van der Waals surface area contributed by atoms with Crippen LogP contribution < -0.4 is 10.6 Å². The van der Waals surface area contributed by atoms with E-state index in [1.165, 1.54) is 0 Å². The van der Waals surface area contributed by atoms with Gasteiger partial charge in [-0.15, -0.1) is 0 Å². The molecule has 21 heavy (non-hydrogen) atoms. The van der Waals surface area contributed by atoms with E-state index in [0.29, 0.717) is 28.5 Å². The molecule has 2 amide bonds. The Balaban J connectivity index is 2.41. The fourth-order valence-electron chi connectivity index (χ4n) is 1.82. The Morgan fingerprint density at radius 3 is 2.48 bits per heavy atom. The average molecular weight is 335 g/mol. The molecule has 1 aromatic carbocycles. The summed E-state index contributed by atoms with van der Waals surface area (Å²) < 4.78 is 0. The quantitative estimate of drug-likeness (QED) is 0.618. The molecule has 0 bridgehead atoms. The lowest BCUT2D eigenvalue weighted by Crippen LogP contribution is -2.42. The van der Waals surface area contributed by atoms with Crippen LogP contribution in [0.4, 0.5) is 4.79 Å².